The molecule has 1 aliphatic heterocycles. The van der Waals surface area contributed by atoms with Gasteiger partial charge in [-0.3, -0.25) is 9.59 Å². The number of anilines is 2. The van der Waals surface area contributed by atoms with E-state index in [1.54, 1.807) is 0 Å². The zero-order chi connectivity index (χ0) is 23.5. The lowest BCUT2D eigenvalue weighted by Gasteiger charge is -2.22. The number of hydrogen-bond donors (Lipinski definition) is 3. The van der Waals surface area contributed by atoms with Crippen LogP contribution in [0.5, 0.6) is 0 Å². The molecule has 0 spiro atoms. The van der Waals surface area contributed by atoms with Crippen molar-refractivity contribution in [2.45, 2.75) is 25.2 Å². The Bertz CT molecular complexity index is 998. The molecule has 1 unspecified atom stereocenters. The first-order chi connectivity index (χ1) is 14.9. The number of halogens is 6. The molecule has 1 atom stereocenters. The predicted molar refractivity (Wildman–Crippen MR) is 105 cm³/mol. The summed E-state index contributed by atoms with van der Waals surface area (Å²) in [5.74, 6) is -1.97. The summed E-state index contributed by atoms with van der Waals surface area (Å²) in [6.45, 7) is 1.13. The third-order valence-corrected chi connectivity index (χ3v) is 4.91. The molecular weight excluding hydrogens is 440 g/mol. The van der Waals surface area contributed by atoms with E-state index in [9.17, 15) is 35.9 Å². The van der Waals surface area contributed by atoms with Crippen LogP contribution < -0.4 is 16.0 Å². The molecule has 1 fully saturated rings. The van der Waals surface area contributed by atoms with Crippen molar-refractivity contribution in [3.63, 3.8) is 0 Å². The Morgan fingerprint density at radius 3 is 2.19 bits per heavy atom. The van der Waals surface area contributed by atoms with Crippen LogP contribution in [0.4, 0.5) is 37.7 Å². The van der Waals surface area contributed by atoms with Gasteiger partial charge >= 0.3 is 12.4 Å². The first-order valence-corrected chi connectivity index (χ1v) is 9.66. The van der Waals surface area contributed by atoms with Crippen LogP contribution >= 0.6 is 0 Å². The van der Waals surface area contributed by atoms with Gasteiger partial charge in [0.05, 0.1) is 17.0 Å². The summed E-state index contributed by atoms with van der Waals surface area (Å²) < 4.78 is 78.6. The summed E-state index contributed by atoms with van der Waals surface area (Å²) >= 11 is 0. The van der Waals surface area contributed by atoms with Crippen molar-refractivity contribution in [1.29, 1.82) is 0 Å². The standard InChI is InChI=1S/C21H19F6N3O2/c22-20(23,24)14-4-1-5-16(9-14)29-19(32)13-7-15(21(25,26)27)10-17(8-13)30-18(31)12-3-2-6-28-11-12/h1,4-5,7-10,12,28H,2-3,6,11H2,(H,29,32)(H,30,31). The van der Waals surface area contributed by atoms with Crippen LogP contribution in [-0.2, 0) is 17.1 Å². The topological polar surface area (TPSA) is 70.2 Å². The lowest BCUT2D eigenvalue weighted by molar-refractivity contribution is -0.138. The number of piperidine rings is 1. The largest absolute Gasteiger partial charge is 0.416 e. The van der Waals surface area contributed by atoms with E-state index < -0.39 is 46.8 Å². The molecule has 1 heterocycles. The Morgan fingerprint density at radius 2 is 1.56 bits per heavy atom. The molecular formula is C21H19F6N3O2. The molecule has 0 aliphatic carbocycles. The lowest BCUT2D eigenvalue weighted by Crippen LogP contribution is -2.37. The van der Waals surface area contributed by atoms with Crippen molar-refractivity contribution in [1.82, 2.24) is 5.32 Å². The van der Waals surface area contributed by atoms with E-state index in [0.29, 0.717) is 31.2 Å². The number of carbonyl (C=O) groups excluding carboxylic acids is 2. The Hall–Kier alpha value is -3.08. The van der Waals surface area contributed by atoms with E-state index in [2.05, 4.69) is 16.0 Å². The fourth-order valence-electron chi connectivity index (χ4n) is 3.29. The van der Waals surface area contributed by atoms with E-state index in [-0.39, 0.29) is 11.4 Å². The highest BCUT2D eigenvalue weighted by Crippen LogP contribution is 2.33. The molecule has 0 aromatic heterocycles. The Labute approximate surface area is 179 Å². The molecule has 2 aromatic carbocycles. The molecule has 3 N–H and O–H groups in total. The molecule has 11 heteroatoms. The van der Waals surface area contributed by atoms with Gasteiger partial charge in [-0.15, -0.1) is 0 Å². The molecule has 0 bridgehead atoms. The van der Waals surface area contributed by atoms with Gasteiger partial charge in [0.1, 0.15) is 0 Å². The van der Waals surface area contributed by atoms with Crippen molar-refractivity contribution >= 4 is 23.2 Å². The second-order valence-corrected chi connectivity index (χ2v) is 7.36. The maximum atomic E-state index is 13.3. The van der Waals surface area contributed by atoms with E-state index in [0.717, 1.165) is 31.2 Å². The molecule has 2 aromatic rings. The molecule has 0 saturated carbocycles. The van der Waals surface area contributed by atoms with Crippen molar-refractivity contribution < 1.29 is 35.9 Å². The van der Waals surface area contributed by atoms with Crippen molar-refractivity contribution in [3.8, 4) is 0 Å². The number of hydrogen-bond acceptors (Lipinski definition) is 3. The van der Waals surface area contributed by atoms with E-state index in [1.807, 2.05) is 0 Å². The lowest BCUT2D eigenvalue weighted by atomic mass is 9.98. The van der Waals surface area contributed by atoms with E-state index >= 15 is 0 Å². The summed E-state index contributed by atoms with van der Waals surface area (Å²) in [7, 11) is 0. The summed E-state index contributed by atoms with van der Waals surface area (Å²) in [4.78, 5) is 24.9. The average molecular weight is 459 g/mol. The Kier molecular flexibility index (Phi) is 6.77. The van der Waals surface area contributed by atoms with E-state index in [1.165, 1.54) is 6.07 Å². The third kappa shape index (κ3) is 6.00. The van der Waals surface area contributed by atoms with Gasteiger partial charge in [0, 0.05) is 23.5 Å². The molecule has 1 aliphatic rings. The maximum absolute atomic E-state index is 13.3. The highest BCUT2D eigenvalue weighted by atomic mass is 19.4. The smallest absolute Gasteiger partial charge is 0.326 e. The Balaban J connectivity index is 1.85. The van der Waals surface area contributed by atoms with Crippen molar-refractivity contribution in [2.24, 2.45) is 5.92 Å². The third-order valence-electron chi connectivity index (χ3n) is 4.91. The fraction of sp³-hybridized carbons (Fsp3) is 0.333. The van der Waals surface area contributed by atoms with Crippen LogP contribution in [-0.4, -0.2) is 24.9 Å². The summed E-state index contributed by atoms with van der Waals surface area (Å²) in [5.41, 5.74) is -3.13. The van der Waals surface area contributed by atoms with Gasteiger partial charge in [0.25, 0.3) is 5.91 Å². The molecule has 32 heavy (non-hydrogen) atoms. The number of carbonyl (C=O) groups is 2. The summed E-state index contributed by atoms with van der Waals surface area (Å²) in [6.07, 6.45) is -8.15. The van der Waals surface area contributed by atoms with E-state index in [4.69, 9.17) is 0 Å². The average Bonchev–Trinajstić information content (AvgIpc) is 2.73. The molecule has 0 radical (unpaired) electrons. The van der Waals surface area contributed by atoms with Crippen molar-refractivity contribution in [3.05, 3.63) is 59.2 Å². The van der Waals surface area contributed by atoms with Crippen molar-refractivity contribution in [2.75, 3.05) is 23.7 Å². The summed E-state index contributed by atoms with van der Waals surface area (Å²) in [5, 5.41) is 7.59. The second kappa shape index (κ2) is 9.19. The van der Waals surface area contributed by atoms with Crippen LogP contribution in [0.1, 0.15) is 34.3 Å². The highest BCUT2D eigenvalue weighted by molar-refractivity contribution is 6.05. The van der Waals surface area contributed by atoms with Gasteiger partial charge in [0.15, 0.2) is 0 Å². The van der Waals surface area contributed by atoms with Crippen LogP contribution in [0.25, 0.3) is 0 Å². The zero-order valence-electron chi connectivity index (χ0n) is 16.5. The summed E-state index contributed by atoms with van der Waals surface area (Å²) in [6, 6.07) is 6.04. The number of benzene rings is 2. The van der Waals surface area contributed by atoms with Gasteiger partial charge in [-0.05, 0) is 55.8 Å². The minimum atomic E-state index is -4.81. The normalized spacial score (nSPS) is 17.0. The SMILES string of the molecule is O=C(Nc1cccc(C(F)(F)F)c1)c1cc(NC(=O)C2CCCNC2)cc(C(F)(F)F)c1. The van der Waals surface area contributed by atoms with Crippen LogP contribution in [0, 0.1) is 5.92 Å². The van der Waals surface area contributed by atoms with Gasteiger partial charge in [0.2, 0.25) is 5.91 Å². The van der Waals surface area contributed by atoms with Gasteiger partial charge in [-0.2, -0.15) is 26.3 Å². The molecule has 172 valence electrons. The zero-order valence-corrected chi connectivity index (χ0v) is 16.5. The predicted octanol–water partition coefficient (Wildman–Crippen LogP) is 4.91. The molecule has 5 nitrogen and oxygen atoms in total. The first kappa shape index (κ1) is 23.6. The first-order valence-electron chi connectivity index (χ1n) is 9.66. The second-order valence-electron chi connectivity index (χ2n) is 7.36. The maximum Gasteiger partial charge on any atom is 0.416 e. The van der Waals surface area contributed by atoms with Crippen LogP contribution in [0.2, 0.25) is 0 Å². The highest BCUT2D eigenvalue weighted by Gasteiger charge is 2.33. The molecule has 1 saturated heterocycles. The number of amides is 2. The number of nitrogens with one attached hydrogen (secondary N) is 3. The minimum absolute atomic E-state index is 0.232. The number of rotatable bonds is 4. The molecule has 2 amide bonds. The quantitative estimate of drug-likeness (QED) is 0.569. The number of alkyl halides is 6. The monoisotopic (exact) mass is 459 g/mol. The Morgan fingerprint density at radius 1 is 0.875 bits per heavy atom. The molecule has 3 rings (SSSR count). The van der Waals surface area contributed by atoms with Gasteiger partial charge in [-0.1, -0.05) is 6.07 Å². The van der Waals surface area contributed by atoms with Crippen LogP contribution in [0.15, 0.2) is 42.5 Å². The van der Waals surface area contributed by atoms with Gasteiger partial charge < -0.3 is 16.0 Å². The van der Waals surface area contributed by atoms with Crippen LogP contribution in [0.3, 0.4) is 0 Å². The minimum Gasteiger partial charge on any atom is -0.326 e. The fourth-order valence-corrected chi connectivity index (χ4v) is 3.29. The van der Waals surface area contributed by atoms with Gasteiger partial charge in [-0.25, -0.2) is 0 Å².